The Morgan fingerprint density at radius 3 is 2.85 bits per heavy atom. The maximum atomic E-state index is 12.2. The molecule has 0 saturated heterocycles. The molecule has 4 heteroatoms. The summed E-state index contributed by atoms with van der Waals surface area (Å²) in [6.07, 6.45) is 12.7. The number of fused-ring (bicyclic) bond motifs is 4. The maximum absolute atomic E-state index is 12.2. The van der Waals surface area contributed by atoms with E-state index in [9.17, 15) is 9.90 Å². The minimum Gasteiger partial charge on any atom is -0.393 e. The number of hydrogen-bond acceptors (Lipinski definition) is 4. The van der Waals surface area contributed by atoms with Crippen molar-refractivity contribution in [3.8, 4) is 0 Å². The molecule has 4 aliphatic carbocycles. The first-order valence-electron chi connectivity index (χ1n) is 12.8. The number of allylic oxidation sites excluding steroid dienone is 4. The van der Waals surface area contributed by atoms with Crippen molar-refractivity contribution in [2.75, 3.05) is 0 Å². The first-order valence-corrected chi connectivity index (χ1v) is 13.7. The van der Waals surface area contributed by atoms with E-state index in [1.54, 1.807) is 16.9 Å². The van der Waals surface area contributed by atoms with Crippen LogP contribution in [-0.4, -0.2) is 22.0 Å². The molecule has 4 aliphatic rings. The minimum absolute atomic E-state index is 0.0327. The van der Waals surface area contributed by atoms with E-state index in [1.807, 2.05) is 13.0 Å². The van der Waals surface area contributed by atoms with E-state index in [0.29, 0.717) is 24.2 Å². The highest BCUT2D eigenvalue weighted by Crippen LogP contribution is 2.63. The molecule has 0 radical (unpaired) electrons. The molecule has 1 aromatic heterocycles. The molecule has 2 aromatic rings. The number of carbonyl (C=O) groups is 1. The summed E-state index contributed by atoms with van der Waals surface area (Å²) in [6, 6.07) is 8.95. The fraction of sp³-hybridized carbons (Fsp3) is 0.467. The smallest absolute Gasteiger partial charge is 0.156 e. The Bertz CT molecular complexity index is 1230. The van der Waals surface area contributed by atoms with Crippen molar-refractivity contribution in [1.82, 2.24) is 4.98 Å². The van der Waals surface area contributed by atoms with Crippen LogP contribution >= 0.6 is 11.3 Å². The Morgan fingerprint density at radius 2 is 2.03 bits per heavy atom. The molecule has 2 saturated carbocycles. The molecule has 176 valence electrons. The van der Waals surface area contributed by atoms with Gasteiger partial charge in [0.2, 0.25) is 0 Å². The van der Waals surface area contributed by atoms with E-state index in [4.69, 9.17) is 0 Å². The second-order valence-corrected chi connectivity index (χ2v) is 12.0. The molecular formula is C30H33NO2S. The predicted octanol–water partition coefficient (Wildman–Crippen LogP) is 6.88. The lowest BCUT2D eigenvalue weighted by Crippen LogP contribution is -2.45. The highest BCUT2D eigenvalue weighted by atomic mass is 32.1. The van der Waals surface area contributed by atoms with Gasteiger partial charge in [-0.05, 0) is 97.1 Å². The van der Waals surface area contributed by atoms with Gasteiger partial charge in [-0.1, -0.05) is 42.8 Å². The number of aliphatic hydroxyl groups excluding tert-OH is 1. The van der Waals surface area contributed by atoms with Gasteiger partial charge in [0.15, 0.2) is 5.78 Å². The molecule has 1 N–H and O–H groups in total. The third-order valence-electron chi connectivity index (χ3n) is 9.08. The zero-order chi connectivity index (χ0) is 23.4. The van der Waals surface area contributed by atoms with Crippen molar-refractivity contribution in [3.63, 3.8) is 0 Å². The van der Waals surface area contributed by atoms with Crippen molar-refractivity contribution >= 4 is 29.3 Å². The fourth-order valence-corrected chi connectivity index (χ4v) is 8.03. The Balaban J connectivity index is 1.43. The zero-order valence-corrected chi connectivity index (χ0v) is 20.9. The molecule has 34 heavy (non-hydrogen) atoms. The van der Waals surface area contributed by atoms with E-state index in [2.05, 4.69) is 53.7 Å². The lowest BCUT2D eigenvalue weighted by Gasteiger charge is -2.52. The van der Waals surface area contributed by atoms with Gasteiger partial charge in [-0.2, -0.15) is 0 Å². The van der Waals surface area contributed by atoms with E-state index in [0.717, 1.165) is 49.2 Å². The van der Waals surface area contributed by atoms with Crippen LogP contribution in [0.2, 0.25) is 0 Å². The lowest BCUT2D eigenvalue weighted by atomic mass is 9.53. The summed E-state index contributed by atoms with van der Waals surface area (Å²) >= 11 is 1.68. The van der Waals surface area contributed by atoms with E-state index < -0.39 is 0 Å². The second-order valence-electron chi connectivity index (χ2n) is 11.0. The van der Waals surface area contributed by atoms with Crippen LogP contribution in [0.25, 0.3) is 12.2 Å². The number of aliphatic hydroxyl groups is 1. The van der Waals surface area contributed by atoms with E-state index >= 15 is 0 Å². The molecule has 0 bridgehead atoms. The van der Waals surface area contributed by atoms with Crippen molar-refractivity contribution in [1.29, 1.82) is 0 Å². The Labute approximate surface area is 206 Å². The summed E-state index contributed by atoms with van der Waals surface area (Å²) in [6.45, 7) is 4.38. The Kier molecular flexibility index (Phi) is 5.50. The van der Waals surface area contributed by atoms with Gasteiger partial charge in [-0.25, -0.2) is 4.98 Å². The third kappa shape index (κ3) is 3.67. The maximum Gasteiger partial charge on any atom is 0.156 e. The molecule has 0 amide bonds. The number of ketones is 1. The lowest BCUT2D eigenvalue weighted by molar-refractivity contribution is -0.114. The Hall–Kier alpha value is -2.30. The summed E-state index contributed by atoms with van der Waals surface area (Å²) in [4.78, 5) is 16.8. The quantitative estimate of drug-likeness (QED) is 0.531. The number of nitrogens with zero attached hydrogens (tertiary/aromatic N) is 1. The average Bonchev–Trinajstić information content (AvgIpc) is 3.39. The third-order valence-corrected chi connectivity index (χ3v) is 9.87. The number of aromatic nitrogens is 1. The van der Waals surface area contributed by atoms with Crippen LogP contribution in [0.1, 0.15) is 79.6 Å². The van der Waals surface area contributed by atoms with Gasteiger partial charge >= 0.3 is 0 Å². The van der Waals surface area contributed by atoms with Gasteiger partial charge in [0.1, 0.15) is 0 Å². The first-order chi connectivity index (χ1) is 16.4. The predicted molar refractivity (Wildman–Crippen MR) is 138 cm³/mol. The van der Waals surface area contributed by atoms with E-state index in [-0.39, 0.29) is 17.3 Å². The van der Waals surface area contributed by atoms with Crippen molar-refractivity contribution in [2.45, 2.75) is 70.8 Å². The van der Waals surface area contributed by atoms with Crippen molar-refractivity contribution in [2.24, 2.45) is 17.3 Å². The molecule has 0 aliphatic heterocycles. The number of carbonyl (C=O) groups excluding carboxylic acids is 1. The van der Waals surface area contributed by atoms with Crippen LogP contribution in [0, 0.1) is 24.2 Å². The van der Waals surface area contributed by atoms with Gasteiger partial charge in [0, 0.05) is 17.7 Å². The molecule has 5 unspecified atom stereocenters. The molecule has 0 spiro atoms. The van der Waals surface area contributed by atoms with Crippen LogP contribution < -0.4 is 0 Å². The molecule has 5 atom stereocenters. The summed E-state index contributed by atoms with van der Waals surface area (Å²) in [5.74, 6) is 1.67. The van der Waals surface area contributed by atoms with Crippen LogP contribution in [-0.2, 0) is 4.79 Å². The molecule has 1 aromatic carbocycles. The molecule has 2 fully saturated rings. The molecule has 1 heterocycles. The van der Waals surface area contributed by atoms with Gasteiger partial charge in [-0.15, -0.1) is 11.3 Å². The summed E-state index contributed by atoms with van der Waals surface area (Å²) < 4.78 is 0. The summed E-state index contributed by atoms with van der Waals surface area (Å²) in [5, 5.41) is 14.3. The van der Waals surface area contributed by atoms with Gasteiger partial charge in [0.05, 0.1) is 16.8 Å². The number of hydrogen-bond donors (Lipinski definition) is 1. The monoisotopic (exact) mass is 471 g/mol. The average molecular weight is 472 g/mol. The zero-order valence-electron chi connectivity index (χ0n) is 20.1. The molecule has 6 rings (SSSR count). The number of benzene rings is 1. The largest absolute Gasteiger partial charge is 0.393 e. The fourth-order valence-electron chi connectivity index (χ4n) is 7.45. The first kappa shape index (κ1) is 22.2. The number of thiazole rings is 1. The normalized spacial score (nSPS) is 33.0. The highest BCUT2D eigenvalue weighted by Gasteiger charge is 2.56. The van der Waals surface area contributed by atoms with Crippen molar-refractivity contribution in [3.05, 3.63) is 74.3 Å². The van der Waals surface area contributed by atoms with Crippen molar-refractivity contribution < 1.29 is 9.90 Å². The molecule has 3 nitrogen and oxygen atoms in total. The van der Waals surface area contributed by atoms with Crippen LogP contribution in [0.15, 0.2) is 52.4 Å². The van der Waals surface area contributed by atoms with Crippen LogP contribution in [0.3, 0.4) is 0 Å². The topological polar surface area (TPSA) is 50.2 Å². The number of aryl methyl sites for hydroxylation is 1. The standard InChI is InChI=1S/C30H33NO2S/c1-18-31-22(17-34-18)8-6-19-4-3-5-20(14-19)26-16-30(2)27(12-13-28(30)33)25-10-7-21-15-23(32)9-11-24(21)29(25)26/h3-6,8,14-15,17,25-28,33H,7,9-13,16H2,1-2H3/b8-6+. The second kappa shape index (κ2) is 8.42. The van der Waals surface area contributed by atoms with Crippen LogP contribution in [0.4, 0.5) is 0 Å². The minimum atomic E-state index is -0.215. The Morgan fingerprint density at radius 1 is 1.15 bits per heavy atom. The SMILES string of the molecule is Cc1nc(/C=C/c2cccc(C3CC4(C)C(O)CCC4C4CCC5=CC(=O)CCC5=C34)c2)cs1. The van der Waals surface area contributed by atoms with Gasteiger partial charge in [-0.3, -0.25) is 4.79 Å². The van der Waals surface area contributed by atoms with Crippen LogP contribution in [0.5, 0.6) is 0 Å². The van der Waals surface area contributed by atoms with E-state index in [1.165, 1.54) is 22.3 Å². The van der Waals surface area contributed by atoms with Gasteiger partial charge in [0.25, 0.3) is 0 Å². The number of rotatable bonds is 3. The summed E-state index contributed by atoms with van der Waals surface area (Å²) in [7, 11) is 0. The molecular weight excluding hydrogens is 438 g/mol. The van der Waals surface area contributed by atoms with Gasteiger partial charge < -0.3 is 5.11 Å². The summed E-state index contributed by atoms with van der Waals surface area (Å²) in [5.41, 5.74) is 7.88. The highest BCUT2D eigenvalue weighted by molar-refractivity contribution is 7.09.